The molecule has 2 N–H and O–H groups in total. The molecule has 8 nitrogen and oxygen atoms in total. The lowest BCUT2D eigenvalue weighted by molar-refractivity contribution is -0.149. The monoisotopic (exact) mass is 306 g/mol. The smallest absolute Gasteiger partial charge is 0.329 e. The van der Waals surface area contributed by atoms with Crippen LogP contribution in [-0.2, 0) is 19.1 Å². The van der Waals surface area contributed by atoms with Crippen LogP contribution in [-0.4, -0.2) is 37.2 Å². The molecule has 0 aromatic heterocycles. The highest BCUT2D eigenvalue weighted by atomic mass is 16.7. The Morgan fingerprint density at radius 3 is 2.91 bits per heavy atom. The Morgan fingerprint density at radius 1 is 1.32 bits per heavy atom. The van der Waals surface area contributed by atoms with Crippen molar-refractivity contribution < 1.29 is 28.6 Å². The summed E-state index contributed by atoms with van der Waals surface area (Å²) in [5.41, 5.74) is 0.513. The first-order valence-corrected chi connectivity index (χ1v) is 6.77. The number of hydrogen-bond acceptors (Lipinski definition) is 6. The second-order valence-electron chi connectivity index (χ2n) is 4.88. The van der Waals surface area contributed by atoms with Crippen molar-refractivity contribution in [2.45, 2.75) is 18.9 Å². The van der Waals surface area contributed by atoms with Crippen molar-refractivity contribution in [1.82, 2.24) is 5.32 Å². The molecule has 1 unspecified atom stereocenters. The molecule has 3 rings (SSSR count). The molecule has 116 valence electrons. The summed E-state index contributed by atoms with van der Waals surface area (Å²) in [4.78, 5) is 34.4. The zero-order valence-electron chi connectivity index (χ0n) is 11.6. The van der Waals surface area contributed by atoms with E-state index in [0.29, 0.717) is 30.0 Å². The van der Waals surface area contributed by atoms with Crippen molar-refractivity contribution in [3.63, 3.8) is 0 Å². The summed E-state index contributed by atoms with van der Waals surface area (Å²) in [5.74, 6) is -0.111. The number of fused-ring (bicyclic) bond motifs is 1. The van der Waals surface area contributed by atoms with Gasteiger partial charge in [-0.25, -0.2) is 4.79 Å². The maximum Gasteiger partial charge on any atom is 0.329 e. The average Bonchev–Trinajstić information content (AvgIpc) is 3.13. The average molecular weight is 306 g/mol. The summed E-state index contributed by atoms with van der Waals surface area (Å²) in [6, 6.07) is 4.30. The number of nitrogens with one attached hydrogen (secondary N) is 2. The minimum absolute atomic E-state index is 0.150. The lowest BCUT2D eigenvalue weighted by Gasteiger charge is -2.10. The van der Waals surface area contributed by atoms with E-state index in [1.165, 1.54) is 0 Å². The zero-order chi connectivity index (χ0) is 15.5. The van der Waals surface area contributed by atoms with Crippen LogP contribution in [0.1, 0.15) is 12.8 Å². The number of rotatable bonds is 4. The molecule has 0 radical (unpaired) electrons. The Balaban J connectivity index is 1.48. The van der Waals surface area contributed by atoms with Crippen LogP contribution in [0.2, 0.25) is 0 Å². The molecule has 22 heavy (non-hydrogen) atoms. The van der Waals surface area contributed by atoms with Gasteiger partial charge in [-0.15, -0.1) is 0 Å². The molecule has 0 aliphatic carbocycles. The zero-order valence-corrected chi connectivity index (χ0v) is 11.6. The lowest BCUT2D eigenvalue weighted by Crippen LogP contribution is -2.36. The van der Waals surface area contributed by atoms with Crippen LogP contribution >= 0.6 is 0 Å². The van der Waals surface area contributed by atoms with Gasteiger partial charge >= 0.3 is 5.97 Å². The molecule has 2 aliphatic heterocycles. The molecule has 1 aromatic rings. The van der Waals surface area contributed by atoms with Crippen molar-refractivity contribution in [2.75, 3.05) is 18.7 Å². The molecule has 0 spiro atoms. The van der Waals surface area contributed by atoms with E-state index in [1.54, 1.807) is 18.2 Å². The van der Waals surface area contributed by atoms with Crippen molar-refractivity contribution in [1.29, 1.82) is 0 Å². The van der Waals surface area contributed by atoms with Crippen LogP contribution in [0.25, 0.3) is 0 Å². The molecule has 1 fully saturated rings. The van der Waals surface area contributed by atoms with Gasteiger partial charge in [0.15, 0.2) is 18.1 Å². The van der Waals surface area contributed by atoms with Crippen molar-refractivity contribution in [3.05, 3.63) is 18.2 Å². The van der Waals surface area contributed by atoms with Crippen LogP contribution in [0.3, 0.4) is 0 Å². The molecule has 2 aliphatic rings. The summed E-state index contributed by atoms with van der Waals surface area (Å²) in [6.07, 6.45) is 0.685. The normalized spacial score (nSPS) is 18.7. The Labute approximate surface area is 125 Å². The minimum Gasteiger partial charge on any atom is -0.454 e. The highest BCUT2D eigenvalue weighted by Gasteiger charge is 2.28. The van der Waals surface area contributed by atoms with Gasteiger partial charge in [-0.2, -0.15) is 0 Å². The van der Waals surface area contributed by atoms with E-state index in [4.69, 9.17) is 14.2 Å². The van der Waals surface area contributed by atoms with E-state index in [9.17, 15) is 14.4 Å². The van der Waals surface area contributed by atoms with E-state index in [-0.39, 0.29) is 12.7 Å². The third-order valence-corrected chi connectivity index (χ3v) is 3.28. The topological polar surface area (TPSA) is 103 Å². The van der Waals surface area contributed by atoms with Gasteiger partial charge in [0.25, 0.3) is 5.91 Å². The number of esters is 1. The number of benzene rings is 1. The highest BCUT2D eigenvalue weighted by molar-refractivity contribution is 5.94. The molecule has 1 atom stereocenters. The third kappa shape index (κ3) is 3.11. The van der Waals surface area contributed by atoms with Crippen LogP contribution in [0.15, 0.2) is 18.2 Å². The maximum atomic E-state index is 11.7. The van der Waals surface area contributed by atoms with E-state index in [0.717, 1.165) is 0 Å². The Bertz CT molecular complexity index is 630. The summed E-state index contributed by atoms with van der Waals surface area (Å²) in [6.45, 7) is -0.267. The Hall–Kier alpha value is -2.77. The SMILES string of the molecule is O=C(COC(=O)C1CCC(=O)N1)Nc1ccc2c(c1)OCO2. The summed E-state index contributed by atoms with van der Waals surface area (Å²) >= 11 is 0. The summed E-state index contributed by atoms with van der Waals surface area (Å²) in [7, 11) is 0. The van der Waals surface area contributed by atoms with E-state index in [2.05, 4.69) is 10.6 Å². The minimum atomic E-state index is -0.661. The molecule has 2 amide bonds. The molecule has 0 saturated carbocycles. The molecular weight excluding hydrogens is 292 g/mol. The van der Waals surface area contributed by atoms with E-state index < -0.39 is 24.5 Å². The second-order valence-corrected chi connectivity index (χ2v) is 4.88. The van der Waals surface area contributed by atoms with Gasteiger partial charge in [-0.1, -0.05) is 0 Å². The first kappa shape index (κ1) is 14.2. The predicted molar refractivity (Wildman–Crippen MR) is 73.3 cm³/mol. The van der Waals surface area contributed by atoms with Gasteiger partial charge in [0.2, 0.25) is 12.7 Å². The predicted octanol–water partition coefficient (Wildman–Crippen LogP) is 0.176. The van der Waals surface area contributed by atoms with Gasteiger partial charge in [0.1, 0.15) is 6.04 Å². The fraction of sp³-hybridized carbons (Fsp3) is 0.357. The number of hydrogen-bond donors (Lipinski definition) is 2. The number of anilines is 1. The molecule has 2 heterocycles. The van der Waals surface area contributed by atoms with Crippen LogP contribution in [0, 0.1) is 0 Å². The Kier molecular flexibility index (Phi) is 3.82. The molecule has 8 heteroatoms. The second kappa shape index (κ2) is 5.92. The van der Waals surface area contributed by atoms with Crippen LogP contribution < -0.4 is 20.1 Å². The third-order valence-electron chi connectivity index (χ3n) is 3.28. The molecule has 0 bridgehead atoms. The van der Waals surface area contributed by atoms with Gasteiger partial charge in [-0.3, -0.25) is 9.59 Å². The largest absolute Gasteiger partial charge is 0.454 e. The summed E-state index contributed by atoms with van der Waals surface area (Å²) < 4.78 is 15.2. The molecule has 1 aromatic carbocycles. The van der Waals surface area contributed by atoms with Gasteiger partial charge in [0, 0.05) is 18.2 Å². The lowest BCUT2D eigenvalue weighted by atomic mass is 10.2. The highest BCUT2D eigenvalue weighted by Crippen LogP contribution is 2.34. The number of carbonyl (C=O) groups is 3. The Morgan fingerprint density at radius 2 is 2.14 bits per heavy atom. The quantitative estimate of drug-likeness (QED) is 0.769. The fourth-order valence-electron chi connectivity index (χ4n) is 2.20. The summed E-state index contributed by atoms with van der Waals surface area (Å²) in [5, 5.41) is 5.07. The maximum absolute atomic E-state index is 11.7. The van der Waals surface area contributed by atoms with E-state index in [1.807, 2.05) is 0 Å². The number of ether oxygens (including phenoxy) is 3. The molecular formula is C14H14N2O6. The standard InChI is InChI=1S/C14H14N2O6/c17-12-4-2-9(16-12)14(19)20-6-13(18)15-8-1-3-10-11(5-8)22-7-21-10/h1,3,5,9H,2,4,6-7H2,(H,15,18)(H,16,17). The number of carbonyl (C=O) groups excluding carboxylic acids is 3. The fourth-order valence-corrected chi connectivity index (χ4v) is 2.20. The van der Waals surface area contributed by atoms with E-state index >= 15 is 0 Å². The first-order valence-electron chi connectivity index (χ1n) is 6.77. The molecule has 1 saturated heterocycles. The van der Waals surface area contributed by atoms with Gasteiger partial charge in [-0.05, 0) is 18.6 Å². The van der Waals surface area contributed by atoms with Crippen LogP contribution in [0.5, 0.6) is 11.5 Å². The van der Waals surface area contributed by atoms with Crippen LogP contribution in [0.4, 0.5) is 5.69 Å². The van der Waals surface area contributed by atoms with Gasteiger partial charge in [0.05, 0.1) is 0 Å². The van der Waals surface area contributed by atoms with Crippen molar-refractivity contribution >= 4 is 23.5 Å². The first-order chi connectivity index (χ1) is 10.6. The van der Waals surface area contributed by atoms with Gasteiger partial charge < -0.3 is 24.8 Å². The van der Waals surface area contributed by atoms with Crippen molar-refractivity contribution in [3.8, 4) is 11.5 Å². The number of amides is 2. The van der Waals surface area contributed by atoms with Crippen molar-refractivity contribution in [2.24, 2.45) is 0 Å².